The van der Waals surface area contributed by atoms with Gasteiger partial charge in [-0.25, -0.2) is 8.78 Å². The lowest BCUT2D eigenvalue weighted by Crippen LogP contribution is -2.65. The van der Waals surface area contributed by atoms with Crippen LogP contribution in [-0.2, 0) is 25.3 Å². The Morgan fingerprint density at radius 3 is 2.58 bits per heavy atom. The number of halogens is 2. The quantitative estimate of drug-likeness (QED) is 0.307. The second-order valence-electron chi connectivity index (χ2n) is 16.8. The van der Waals surface area contributed by atoms with E-state index in [-0.39, 0.29) is 60.2 Å². The third-order valence-corrected chi connectivity index (χ3v) is 12.8. The van der Waals surface area contributed by atoms with Crippen molar-refractivity contribution in [3.63, 3.8) is 0 Å². The monoisotopic (exact) mass is 666 g/mol. The zero-order chi connectivity index (χ0) is 34.5. The third-order valence-electron chi connectivity index (χ3n) is 12.8. The molecule has 6 aliphatic rings. The van der Waals surface area contributed by atoms with Gasteiger partial charge in [-0.05, 0) is 94.4 Å². The minimum Gasteiger partial charge on any atom is -0.404 e. The van der Waals surface area contributed by atoms with Crippen molar-refractivity contribution >= 4 is 18.9 Å². The second-order valence-corrected chi connectivity index (χ2v) is 16.8. The van der Waals surface area contributed by atoms with E-state index in [1.54, 1.807) is 9.80 Å². The Balaban J connectivity index is 1.05. The molecule has 1 aromatic rings. The Labute approximate surface area is 285 Å². The summed E-state index contributed by atoms with van der Waals surface area (Å²) in [7, 11) is -0.545. The number of amides is 2. The van der Waals surface area contributed by atoms with E-state index >= 15 is 0 Å². The van der Waals surface area contributed by atoms with Gasteiger partial charge in [0.1, 0.15) is 5.92 Å². The van der Waals surface area contributed by atoms with E-state index < -0.39 is 24.5 Å². The third kappa shape index (κ3) is 7.04. The molecule has 262 valence electrons. The molecule has 0 radical (unpaired) electrons. The van der Waals surface area contributed by atoms with Crippen LogP contribution in [0.15, 0.2) is 30.3 Å². The van der Waals surface area contributed by atoms with Crippen LogP contribution in [0.5, 0.6) is 0 Å². The molecule has 7 rings (SSSR count). The lowest BCUT2D eigenvalue weighted by atomic mass is 9.43. The standard InChI is InChI=1S/C37H53BF2N4O4/c1-34(2,44-17-15-37(39,40)24-44)14-13-27(22-41)33(46)43-16-9-12-26(23-43)19-32(45)42-31(18-25-10-7-6-8-11-25)38-47-30-21-28-20-29(35(28,3)4)36(30,5)48-38/h6-8,10-11,26-31H,9,12-21,23-24H2,1-5H3,(H,42,45)/t26-,27?,28+,29+,30-,31+,36+/m1/s1. The molecule has 1 aromatic carbocycles. The van der Waals surface area contributed by atoms with Crippen molar-refractivity contribution in [2.24, 2.45) is 29.1 Å². The largest absolute Gasteiger partial charge is 0.482 e. The van der Waals surface area contributed by atoms with Crippen LogP contribution in [-0.4, -0.2) is 84.0 Å². The summed E-state index contributed by atoms with van der Waals surface area (Å²) in [5.41, 5.74) is 0.405. The van der Waals surface area contributed by atoms with E-state index in [1.165, 1.54) is 0 Å². The fraction of sp³-hybridized carbons (Fsp3) is 0.757. The molecule has 1 unspecified atom stereocenters. The summed E-state index contributed by atoms with van der Waals surface area (Å²) < 4.78 is 41.1. The number of likely N-dealkylation sites (tertiary alicyclic amines) is 2. The Kier molecular flexibility index (Phi) is 9.78. The predicted octanol–water partition coefficient (Wildman–Crippen LogP) is 5.65. The molecular weight excluding hydrogens is 613 g/mol. The van der Waals surface area contributed by atoms with Gasteiger partial charge in [-0.1, -0.05) is 44.2 Å². The van der Waals surface area contributed by atoms with Crippen molar-refractivity contribution in [3.05, 3.63) is 35.9 Å². The maximum absolute atomic E-state index is 13.9. The number of nitriles is 1. The zero-order valence-corrected chi connectivity index (χ0v) is 29.4. The van der Waals surface area contributed by atoms with Crippen LogP contribution in [0.25, 0.3) is 0 Å². The normalized spacial score (nSPS) is 32.1. The molecule has 8 nitrogen and oxygen atoms in total. The van der Waals surface area contributed by atoms with Crippen LogP contribution >= 0.6 is 0 Å². The molecule has 11 heteroatoms. The summed E-state index contributed by atoms with van der Waals surface area (Å²) >= 11 is 0. The predicted molar refractivity (Wildman–Crippen MR) is 180 cm³/mol. The molecule has 3 saturated heterocycles. The van der Waals surface area contributed by atoms with Gasteiger partial charge in [-0.3, -0.25) is 14.5 Å². The average Bonchev–Trinajstić information content (AvgIpc) is 3.60. The Morgan fingerprint density at radius 1 is 1.17 bits per heavy atom. The van der Waals surface area contributed by atoms with Crippen LogP contribution < -0.4 is 5.32 Å². The van der Waals surface area contributed by atoms with Crippen LogP contribution in [0.3, 0.4) is 0 Å². The number of nitrogens with zero attached hydrogens (tertiary/aromatic N) is 3. The Bertz CT molecular complexity index is 1390. The highest BCUT2D eigenvalue weighted by Gasteiger charge is 2.68. The average molecular weight is 667 g/mol. The number of rotatable bonds is 11. The van der Waals surface area contributed by atoms with E-state index in [2.05, 4.69) is 44.3 Å². The SMILES string of the molecule is CC1(C)[C@@H]2C[C@H]3OB([C@H](Cc4ccccc4)NC(=O)C[C@H]4CCCN(C(=O)C(C#N)CCC(C)(C)N5CCC(F)(F)C5)C4)O[C@@]3(C)[C@H]1C2. The van der Waals surface area contributed by atoms with Gasteiger partial charge in [0.25, 0.3) is 5.92 Å². The second kappa shape index (κ2) is 13.3. The van der Waals surface area contributed by atoms with Crippen molar-refractivity contribution in [1.29, 1.82) is 5.26 Å². The highest BCUT2D eigenvalue weighted by molar-refractivity contribution is 6.48. The molecule has 0 aromatic heterocycles. The topological polar surface area (TPSA) is 94.9 Å². The van der Waals surface area contributed by atoms with Crippen molar-refractivity contribution in [1.82, 2.24) is 15.1 Å². The highest BCUT2D eigenvalue weighted by atomic mass is 19.3. The van der Waals surface area contributed by atoms with Crippen molar-refractivity contribution in [2.45, 2.75) is 122 Å². The summed E-state index contributed by atoms with van der Waals surface area (Å²) in [6.45, 7) is 11.7. The number of hydrogen-bond acceptors (Lipinski definition) is 6. The number of nitrogens with one attached hydrogen (secondary N) is 1. The number of piperidine rings is 1. The van der Waals surface area contributed by atoms with Crippen LogP contribution in [0.4, 0.5) is 8.78 Å². The molecule has 7 atom stereocenters. The lowest BCUT2D eigenvalue weighted by molar-refractivity contribution is -0.199. The van der Waals surface area contributed by atoms with Crippen molar-refractivity contribution in [2.75, 3.05) is 26.2 Å². The molecule has 3 saturated carbocycles. The molecule has 3 aliphatic heterocycles. The van der Waals surface area contributed by atoms with E-state index in [1.807, 2.05) is 32.0 Å². The van der Waals surface area contributed by atoms with E-state index in [0.717, 1.165) is 31.2 Å². The first-order valence-corrected chi connectivity index (χ1v) is 18.1. The van der Waals surface area contributed by atoms with Gasteiger partial charge in [0.05, 0.1) is 30.3 Å². The number of carbonyl (C=O) groups is 2. The Morgan fingerprint density at radius 2 is 1.92 bits per heavy atom. The lowest BCUT2D eigenvalue weighted by Gasteiger charge is -2.64. The number of benzene rings is 1. The van der Waals surface area contributed by atoms with Gasteiger partial charge in [-0.2, -0.15) is 5.26 Å². The first-order chi connectivity index (χ1) is 22.6. The van der Waals surface area contributed by atoms with E-state index in [0.29, 0.717) is 50.7 Å². The molecular formula is C37H53BF2N4O4. The summed E-state index contributed by atoms with van der Waals surface area (Å²) in [5.74, 6) is -3.17. The molecule has 2 bridgehead atoms. The van der Waals surface area contributed by atoms with Crippen molar-refractivity contribution in [3.8, 4) is 6.07 Å². The molecule has 6 fully saturated rings. The number of hydrogen-bond donors (Lipinski definition) is 1. The molecule has 0 spiro atoms. The molecule has 1 N–H and O–H groups in total. The summed E-state index contributed by atoms with van der Waals surface area (Å²) in [4.78, 5) is 30.7. The molecule has 3 heterocycles. The Hall–Kier alpha value is -2.55. The van der Waals surface area contributed by atoms with E-state index in [4.69, 9.17) is 9.31 Å². The molecule has 3 aliphatic carbocycles. The smallest absolute Gasteiger partial charge is 0.404 e. The van der Waals surface area contributed by atoms with Gasteiger partial charge in [0.2, 0.25) is 11.8 Å². The fourth-order valence-corrected chi connectivity index (χ4v) is 9.49. The van der Waals surface area contributed by atoms with Crippen molar-refractivity contribution < 1.29 is 27.7 Å². The molecule has 2 amide bonds. The fourth-order valence-electron chi connectivity index (χ4n) is 9.49. The number of alkyl halides is 2. The maximum Gasteiger partial charge on any atom is 0.482 e. The summed E-state index contributed by atoms with van der Waals surface area (Å²) in [6, 6.07) is 12.3. The molecule has 48 heavy (non-hydrogen) atoms. The maximum atomic E-state index is 13.9. The van der Waals surface area contributed by atoms with Gasteiger partial charge in [-0.15, -0.1) is 0 Å². The van der Waals surface area contributed by atoms with E-state index in [9.17, 15) is 23.6 Å². The van der Waals surface area contributed by atoms with Crippen LogP contribution in [0, 0.1) is 40.4 Å². The van der Waals surface area contributed by atoms with Gasteiger partial charge in [0, 0.05) is 38.0 Å². The summed E-state index contributed by atoms with van der Waals surface area (Å²) in [6.07, 6.45) is 5.21. The highest BCUT2D eigenvalue weighted by Crippen LogP contribution is 2.65. The van der Waals surface area contributed by atoms with Gasteiger partial charge in [0.15, 0.2) is 0 Å². The summed E-state index contributed by atoms with van der Waals surface area (Å²) in [5, 5.41) is 13.2. The first-order valence-electron chi connectivity index (χ1n) is 18.1. The minimum atomic E-state index is -2.69. The number of carbonyl (C=O) groups excluding carboxylic acids is 2. The van der Waals surface area contributed by atoms with Gasteiger partial charge >= 0.3 is 7.12 Å². The van der Waals surface area contributed by atoms with Crippen LogP contribution in [0.2, 0.25) is 0 Å². The van der Waals surface area contributed by atoms with Gasteiger partial charge < -0.3 is 19.5 Å². The first kappa shape index (κ1) is 35.3. The zero-order valence-electron chi connectivity index (χ0n) is 29.4. The minimum absolute atomic E-state index is 0.0160. The van der Waals surface area contributed by atoms with Crippen LogP contribution in [0.1, 0.15) is 91.5 Å².